The van der Waals surface area contributed by atoms with Crippen molar-refractivity contribution in [3.05, 3.63) is 107 Å². The van der Waals surface area contributed by atoms with Crippen LogP contribution in [-0.4, -0.2) is 27.3 Å². The monoisotopic (exact) mass is 425 g/mol. The van der Waals surface area contributed by atoms with Gasteiger partial charge in [-0.2, -0.15) is 0 Å². The summed E-state index contributed by atoms with van der Waals surface area (Å²) in [6.07, 6.45) is 0.691. The molecule has 5 heteroatoms. The maximum atomic E-state index is 13.1. The van der Waals surface area contributed by atoms with Crippen molar-refractivity contribution >= 4 is 17.5 Å². The van der Waals surface area contributed by atoms with Gasteiger partial charge in [0.25, 0.3) is 5.91 Å². The molecule has 1 amide bonds. The lowest BCUT2D eigenvalue weighted by Crippen LogP contribution is -2.37. The van der Waals surface area contributed by atoms with E-state index in [1.807, 2.05) is 89.8 Å². The van der Waals surface area contributed by atoms with Crippen LogP contribution in [0.3, 0.4) is 0 Å². The molecule has 5 rings (SSSR count). The molecule has 0 N–H and O–H groups in total. The number of amides is 1. The maximum Gasteiger partial charge on any atom is 0.254 e. The molecule has 4 nitrogen and oxygen atoms in total. The number of aromatic nitrogens is 2. The smallest absolute Gasteiger partial charge is 0.254 e. The van der Waals surface area contributed by atoms with Crippen LogP contribution in [0.25, 0.3) is 22.6 Å². The molecule has 0 unspecified atom stereocenters. The second-order valence-corrected chi connectivity index (χ2v) is 7.97. The molecule has 152 valence electrons. The molecule has 0 fully saturated rings. The fourth-order valence-corrected chi connectivity index (χ4v) is 4.04. The van der Waals surface area contributed by atoms with E-state index in [4.69, 9.17) is 21.6 Å². The van der Waals surface area contributed by atoms with Crippen LogP contribution < -0.4 is 0 Å². The quantitative estimate of drug-likeness (QED) is 0.425. The minimum atomic E-state index is 0.0282. The lowest BCUT2D eigenvalue weighted by Gasteiger charge is -2.30. The van der Waals surface area contributed by atoms with Crippen LogP contribution >= 0.6 is 11.6 Å². The van der Waals surface area contributed by atoms with E-state index in [-0.39, 0.29) is 5.91 Å². The zero-order valence-electron chi connectivity index (χ0n) is 16.8. The van der Waals surface area contributed by atoms with Crippen LogP contribution in [0.2, 0.25) is 5.02 Å². The number of fused-ring (bicyclic) bond motifs is 1. The summed E-state index contributed by atoms with van der Waals surface area (Å²) in [5.41, 5.74) is 5.48. The van der Waals surface area contributed by atoms with E-state index in [0.29, 0.717) is 35.9 Å². The predicted molar refractivity (Wildman–Crippen MR) is 123 cm³/mol. The van der Waals surface area contributed by atoms with Gasteiger partial charge in [0.05, 0.1) is 11.4 Å². The van der Waals surface area contributed by atoms with Gasteiger partial charge in [0.1, 0.15) is 0 Å². The van der Waals surface area contributed by atoms with Gasteiger partial charge < -0.3 is 4.90 Å². The maximum absolute atomic E-state index is 13.1. The van der Waals surface area contributed by atoms with Gasteiger partial charge in [0, 0.05) is 46.8 Å². The minimum Gasteiger partial charge on any atom is -0.334 e. The highest BCUT2D eigenvalue weighted by molar-refractivity contribution is 6.30. The second kappa shape index (κ2) is 8.32. The van der Waals surface area contributed by atoms with Crippen molar-refractivity contribution in [1.82, 2.24) is 14.9 Å². The Morgan fingerprint density at radius 3 is 2.19 bits per heavy atom. The number of hydrogen-bond acceptors (Lipinski definition) is 3. The van der Waals surface area contributed by atoms with Gasteiger partial charge >= 0.3 is 0 Å². The Hall–Kier alpha value is -3.50. The molecular weight excluding hydrogens is 406 g/mol. The third kappa shape index (κ3) is 3.94. The first-order chi connectivity index (χ1) is 15.2. The van der Waals surface area contributed by atoms with E-state index in [1.165, 1.54) is 0 Å². The fourth-order valence-electron chi connectivity index (χ4n) is 3.91. The third-order valence-electron chi connectivity index (χ3n) is 5.52. The Morgan fingerprint density at radius 1 is 0.806 bits per heavy atom. The lowest BCUT2D eigenvalue weighted by molar-refractivity contribution is 0.0734. The van der Waals surface area contributed by atoms with Crippen molar-refractivity contribution in [1.29, 1.82) is 0 Å². The van der Waals surface area contributed by atoms with Crippen molar-refractivity contribution in [2.75, 3.05) is 6.54 Å². The second-order valence-electron chi connectivity index (χ2n) is 7.54. The van der Waals surface area contributed by atoms with E-state index >= 15 is 0 Å². The Labute approximate surface area is 186 Å². The number of carbonyl (C=O) groups excluding carboxylic acids is 1. The van der Waals surface area contributed by atoms with Crippen molar-refractivity contribution in [3.8, 4) is 22.6 Å². The van der Waals surface area contributed by atoms with Crippen molar-refractivity contribution < 1.29 is 4.79 Å². The molecule has 0 bridgehead atoms. The molecule has 31 heavy (non-hydrogen) atoms. The molecule has 1 aliphatic rings. The standard InChI is InChI=1S/C26H20ClN3O/c27-21-13-11-18(12-14-21)24-22-17-30(26(31)20-9-5-2-6-10-20)16-15-23(22)28-25(29-24)19-7-3-1-4-8-19/h1-14H,15-17H2. The highest BCUT2D eigenvalue weighted by Crippen LogP contribution is 2.32. The Balaban J connectivity index is 1.59. The SMILES string of the molecule is O=C(c1ccccc1)N1CCc2nc(-c3ccccc3)nc(-c3ccc(Cl)cc3)c2C1. The van der Waals surface area contributed by atoms with Crippen LogP contribution in [0, 0.1) is 0 Å². The van der Waals surface area contributed by atoms with Crippen molar-refractivity contribution in [2.24, 2.45) is 0 Å². The molecule has 0 radical (unpaired) electrons. The number of carbonyl (C=O) groups is 1. The summed E-state index contributed by atoms with van der Waals surface area (Å²) in [6.45, 7) is 1.11. The molecule has 2 heterocycles. The minimum absolute atomic E-state index is 0.0282. The Kier molecular flexibility index (Phi) is 5.23. The normalized spacial score (nSPS) is 13.0. The number of rotatable bonds is 3. The summed E-state index contributed by atoms with van der Waals surface area (Å²) in [5, 5.41) is 0.677. The summed E-state index contributed by atoms with van der Waals surface area (Å²) in [5.74, 6) is 0.729. The highest BCUT2D eigenvalue weighted by atomic mass is 35.5. The summed E-state index contributed by atoms with van der Waals surface area (Å²) >= 11 is 6.12. The van der Waals surface area contributed by atoms with Crippen molar-refractivity contribution in [2.45, 2.75) is 13.0 Å². The summed E-state index contributed by atoms with van der Waals surface area (Å²) < 4.78 is 0. The van der Waals surface area contributed by atoms with Crippen LogP contribution in [0.1, 0.15) is 21.6 Å². The van der Waals surface area contributed by atoms with E-state index in [1.54, 1.807) is 0 Å². The number of halogens is 1. The first-order valence-corrected chi connectivity index (χ1v) is 10.6. The van der Waals surface area contributed by atoms with E-state index in [0.717, 1.165) is 28.1 Å². The fraction of sp³-hybridized carbons (Fsp3) is 0.115. The first-order valence-electron chi connectivity index (χ1n) is 10.2. The molecule has 0 spiro atoms. The highest BCUT2D eigenvalue weighted by Gasteiger charge is 2.27. The summed E-state index contributed by atoms with van der Waals surface area (Å²) in [4.78, 5) is 24.7. The molecule has 0 aliphatic carbocycles. The van der Waals surface area contributed by atoms with Gasteiger partial charge in [-0.25, -0.2) is 9.97 Å². The van der Waals surface area contributed by atoms with Gasteiger partial charge in [-0.1, -0.05) is 72.3 Å². The van der Waals surface area contributed by atoms with Crippen molar-refractivity contribution in [3.63, 3.8) is 0 Å². The van der Waals surface area contributed by atoms with Gasteiger partial charge in [-0.15, -0.1) is 0 Å². The average Bonchev–Trinajstić information content (AvgIpc) is 2.84. The Bertz CT molecular complexity index is 1220. The van der Waals surface area contributed by atoms with Crippen LogP contribution in [0.5, 0.6) is 0 Å². The average molecular weight is 426 g/mol. The molecule has 0 atom stereocenters. The molecule has 1 aromatic heterocycles. The molecule has 3 aromatic carbocycles. The number of benzene rings is 3. The molecular formula is C26H20ClN3O. The topological polar surface area (TPSA) is 46.1 Å². The zero-order valence-corrected chi connectivity index (χ0v) is 17.6. The lowest BCUT2D eigenvalue weighted by atomic mass is 9.98. The van der Waals surface area contributed by atoms with Crippen LogP contribution in [-0.2, 0) is 13.0 Å². The van der Waals surface area contributed by atoms with Crippen LogP contribution in [0.15, 0.2) is 84.9 Å². The van der Waals surface area contributed by atoms with E-state index < -0.39 is 0 Å². The third-order valence-corrected chi connectivity index (χ3v) is 5.77. The van der Waals surface area contributed by atoms with Gasteiger partial charge in [0.2, 0.25) is 0 Å². The van der Waals surface area contributed by atoms with Gasteiger partial charge in [-0.05, 0) is 24.3 Å². The van der Waals surface area contributed by atoms with Gasteiger partial charge in [0.15, 0.2) is 5.82 Å². The molecule has 1 aliphatic heterocycles. The summed E-state index contributed by atoms with van der Waals surface area (Å²) in [6, 6.07) is 27.1. The number of nitrogens with zero attached hydrogens (tertiary/aromatic N) is 3. The number of hydrogen-bond donors (Lipinski definition) is 0. The van der Waals surface area contributed by atoms with Crippen LogP contribution in [0.4, 0.5) is 0 Å². The first kappa shape index (κ1) is 19.5. The largest absolute Gasteiger partial charge is 0.334 e. The molecule has 4 aromatic rings. The van der Waals surface area contributed by atoms with Gasteiger partial charge in [-0.3, -0.25) is 4.79 Å². The molecule has 0 saturated carbocycles. The van der Waals surface area contributed by atoms with E-state index in [9.17, 15) is 4.79 Å². The molecule has 0 saturated heterocycles. The van der Waals surface area contributed by atoms with E-state index in [2.05, 4.69) is 0 Å². The zero-order chi connectivity index (χ0) is 21.2. The predicted octanol–water partition coefficient (Wildman–Crippen LogP) is 5.66. The Morgan fingerprint density at radius 2 is 1.48 bits per heavy atom. The summed E-state index contributed by atoms with van der Waals surface area (Å²) in [7, 11) is 0.